The fourth-order valence-electron chi connectivity index (χ4n) is 2.81. The number of nitrogens with zero attached hydrogens (tertiary/aromatic N) is 3. The Hall–Kier alpha value is -1.94. The molecule has 1 aromatic heterocycles. The average molecular weight is 548 g/mol. The number of aromatic nitrogens is 1. The smallest absolute Gasteiger partial charge is 0.257 e. The highest BCUT2D eigenvalue weighted by Crippen LogP contribution is 2.16. The number of hydrogen-bond acceptors (Lipinski definition) is 3. The largest absolute Gasteiger partial charge is 0.484 e. The molecule has 9 heteroatoms. The lowest BCUT2D eigenvalue weighted by Gasteiger charge is -2.22. The minimum absolute atomic E-state index is 0. The van der Waals surface area contributed by atoms with Crippen LogP contribution in [0.5, 0.6) is 5.75 Å². The number of amides is 1. The molecule has 0 bridgehead atoms. The highest BCUT2D eigenvalue weighted by atomic mass is 127. The first-order valence-electron chi connectivity index (χ1n) is 9.71. The number of guanidine groups is 1. The van der Waals surface area contributed by atoms with Gasteiger partial charge in [0.2, 0.25) is 0 Å². The summed E-state index contributed by atoms with van der Waals surface area (Å²) in [6, 6.07) is 9.59. The summed E-state index contributed by atoms with van der Waals surface area (Å²) < 4.78 is 7.57. The Kier molecular flexibility index (Phi) is 11.6. The normalized spacial score (nSPS) is 10.9. The van der Waals surface area contributed by atoms with Gasteiger partial charge >= 0.3 is 0 Å². The molecular weight excluding hydrogens is 517 g/mol. The molecule has 0 unspecified atom stereocenters. The maximum Gasteiger partial charge on any atom is 0.257 e. The van der Waals surface area contributed by atoms with Gasteiger partial charge in [0, 0.05) is 39.1 Å². The quantitative estimate of drug-likeness (QED) is 0.287. The zero-order valence-corrected chi connectivity index (χ0v) is 21.0. The number of carbonyl (C=O) groups is 1. The van der Waals surface area contributed by atoms with Gasteiger partial charge < -0.3 is 24.8 Å². The van der Waals surface area contributed by atoms with Gasteiger partial charge in [0.25, 0.3) is 5.91 Å². The van der Waals surface area contributed by atoms with Crippen molar-refractivity contribution in [2.75, 3.05) is 26.7 Å². The molecule has 1 amide bonds. The van der Waals surface area contributed by atoms with E-state index in [4.69, 9.17) is 21.3 Å². The summed E-state index contributed by atoms with van der Waals surface area (Å²) in [5.74, 6) is 1.33. The molecule has 0 aliphatic heterocycles. The van der Waals surface area contributed by atoms with Crippen molar-refractivity contribution >= 4 is 47.4 Å². The number of benzene rings is 1. The Balaban J connectivity index is 0.00000450. The van der Waals surface area contributed by atoms with Crippen molar-refractivity contribution in [3.8, 4) is 5.75 Å². The third-order valence-electron chi connectivity index (χ3n) is 4.22. The topological polar surface area (TPSA) is 70.9 Å². The molecule has 0 radical (unpaired) electrons. The van der Waals surface area contributed by atoms with Crippen molar-refractivity contribution in [3.05, 3.63) is 52.8 Å². The van der Waals surface area contributed by atoms with Crippen LogP contribution in [0.25, 0.3) is 0 Å². The summed E-state index contributed by atoms with van der Waals surface area (Å²) in [6.07, 6.45) is 1.89. The van der Waals surface area contributed by atoms with E-state index >= 15 is 0 Å². The molecule has 2 rings (SSSR count). The third kappa shape index (κ3) is 8.43. The summed E-state index contributed by atoms with van der Waals surface area (Å²) in [6.45, 7) is 6.47. The molecule has 0 atom stereocenters. The molecule has 0 fully saturated rings. The van der Waals surface area contributed by atoms with Crippen molar-refractivity contribution in [1.82, 2.24) is 20.1 Å². The van der Waals surface area contributed by atoms with Gasteiger partial charge in [-0.05, 0) is 37.6 Å². The van der Waals surface area contributed by atoms with Crippen LogP contribution in [0.2, 0.25) is 5.02 Å². The van der Waals surface area contributed by atoms with E-state index in [1.165, 1.54) is 0 Å². The van der Waals surface area contributed by atoms with Crippen molar-refractivity contribution in [2.24, 2.45) is 12.0 Å². The van der Waals surface area contributed by atoms with Gasteiger partial charge in [-0.25, -0.2) is 4.99 Å². The molecule has 166 valence electrons. The lowest BCUT2D eigenvalue weighted by Crippen LogP contribution is -2.38. The van der Waals surface area contributed by atoms with Crippen LogP contribution in [0.4, 0.5) is 0 Å². The number of aryl methyl sites for hydroxylation is 1. The highest BCUT2D eigenvalue weighted by Gasteiger charge is 2.10. The molecule has 1 heterocycles. The number of nitrogens with one attached hydrogen (secondary N) is 2. The van der Waals surface area contributed by atoms with E-state index in [1.54, 1.807) is 0 Å². The molecule has 7 nitrogen and oxygen atoms in total. The minimum Gasteiger partial charge on any atom is -0.484 e. The first-order chi connectivity index (χ1) is 13.9. The maximum atomic E-state index is 11.6. The molecule has 0 saturated heterocycles. The number of hydrogen-bond donors (Lipinski definition) is 2. The zero-order chi connectivity index (χ0) is 21.2. The van der Waals surface area contributed by atoms with E-state index in [0.717, 1.165) is 28.8 Å². The number of rotatable bonds is 9. The third-order valence-corrected chi connectivity index (χ3v) is 4.43. The summed E-state index contributed by atoms with van der Waals surface area (Å²) in [4.78, 5) is 18.4. The van der Waals surface area contributed by atoms with E-state index in [1.807, 2.05) is 69.0 Å². The first-order valence-corrected chi connectivity index (χ1v) is 10.1. The number of halogens is 2. The minimum atomic E-state index is -0.132. The van der Waals surface area contributed by atoms with E-state index in [0.29, 0.717) is 25.4 Å². The number of likely N-dealkylation sites (N-methyl/N-ethyl adjacent to an activating group) is 1. The highest BCUT2D eigenvalue weighted by molar-refractivity contribution is 14.0. The van der Waals surface area contributed by atoms with Crippen LogP contribution in [0.1, 0.15) is 25.1 Å². The summed E-state index contributed by atoms with van der Waals surface area (Å²) in [5, 5.41) is 6.75. The van der Waals surface area contributed by atoms with Crippen molar-refractivity contribution in [3.63, 3.8) is 0 Å². The van der Waals surface area contributed by atoms with E-state index in [2.05, 4.69) is 15.5 Å². The predicted molar refractivity (Wildman–Crippen MR) is 133 cm³/mol. The van der Waals surface area contributed by atoms with E-state index in [9.17, 15) is 4.79 Å². The number of carbonyl (C=O) groups excluding carboxylic acids is 1. The Labute approximate surface area is 200 Å². The van der Waals surface area contributed by atoms with Crippen LogP contribution in [-0.4, -0.2) is 48.1 Å². The fourth-order valence-corrected chi connectivity index (χ4v) is 3.08. The molecule has 0 saturated carbocycles. The van der Waals surface area contributed by atoms with Crippen LogP contribution < -0.4 is 15.4 Å². The van der Waals surface area contributed by atoms with Crippen LogP contribution in [-0.2, 0) is 24.9 Å². The van der Waals surface area contributed by atoms with Gasteiger partial charge in [0.05, 0.1) is 18.1 Å². The van der Waals surface area contributed by atoms with E-state index in [-0.39, 0.29) is 36.5 Å². The monoisotopic (exact) mass is 547 g/mol. The van der Waals surface area contributed by atoms with Crippen LogP contribution in [0, 0.1) is 0 Å². The SMILES string of the molecule is CCNC(=O)COc1cccc(CN=C(NCC)N(C)Cc2cc(Cl)cn2C)c1.I. The lowest BCUT2D eigenvalue weighted by atomic mass is 10.2. The molecular formula is C21H31ClIN5O2. The van der Waals surface area contributed by atoms with Crippen LogP contribution >= 0.6 is 35.6 Å². The van der Waals surface area contributed by atoms with Gasteiger partial charge in [0.15, 0.2) is 12.6 Å². The molecule has 2 N–H and O–H groups in total. The second-order valence-corrected chi connectivity index (χ2v) is 7.11. The Morgan fingerprint density at radius 3 is 2.60 bits per heavy atom. The fraction of sp³-hybridized carbons (Fsp3) is 0.429. The van der Waals surface area contributed by atoms with Crippen LogP contribution in [0.3, 0.4) is 0 Å². The Morgan fingerprint density at radius 2 is 1.97 bits per heavy atom. The summed E-state index contributed by atoms with van der Waals surface area (Å²) in [5.41, 5.74) is 2.10. The maximum absolute atomic E-state index is 11.6. The molecule has 0 spiro atoms. The first kappa shape index (κ1) is 26.1. The van der Waals surface area contributed by atoms with Gasteiger partial charge in [-0.2, -0.15) is 0 Å². The number of ether oxygens (including phenoxy) is 1. The van der Waals surface area contributed by atoms with Gasteiger partial charge in [-0.3, -0.25) is 4.79 Å². The van der Waals surface area contributed by atoms with Crippen LogP contribution in [0.15, 0.2) is 41.5 Å². The Bertz CT molecular complexity index is 841. The van der Waals surface area contributed by atoms with Crippen molar-refractivity contribution in [1.29, 1.82) is 0 Å². The molecule has 30 heavy (non-hydrogen) atoms. The second-order valence-electron chi connectivity index (χ2n) is 6.68. The second kappa shape index (κ2) is 13.4. The summed E-state index contributed by atoms with van der Waals surface area (Å²) in [7, 11) is 3.97. The van der Waals surface area contributed by atoms with Gasteiger partial charge in [-0.15, -0.1) is 24.0 Å². The van der Waals surface area contributed by atoms with Gasteiger partial charge in [0.1, 0.15) is 5.75 Å². The van der Waals surface area contributed by atoms with E-state index < -0.39 is 0 Å². The summed E-state index contributed by atoms with van der Waals surface area (Å²) >= 11 is 6.09. The molecule has 0 aliphatic carbocycles. The number of aliphatic imine (C=N–C) groups is 1. The van der Waals surface area contributed by atoms with Crippen molar-refractivity contribution < 1.29 is 9.53 Å². The Morgan fingerprint density at radius 1 is 1.23 bits per heavy atom. The molecule has 2 aromatic rings. The molecule has 1 aromatic carbocycles. The molecule has 0 aliphatic rings. The lowest BCUT2D eigenvalue weighted by molar-refractivity contribution is -0.122. The predicted octanol–water partition coefficient (Wildman–Crippen LogP) is 3.41. The standard InChI is InChI=1S/C21H30ClN5O2.HI/c1-5-23-20(28)15-29-19-9-7-8-16(10-19)12-25-21(24-6-2)27(4)14-18-11-17(22)13-26(18)3;/h7-11,13H,5-6,12,14-15H2,1-4H3,(H,23,28)(H,24,25);1H. The zero-order valence-electron chi connectivity index (χ0n) is 17.9. The van der Waals surface area contributed by atoms with Crippen molar-refractivity contribution in [2.45, 2.75) is 26.9 Å². The van der Waals surface area contributed by atoms with Gasteiger partial charge in [-0.1, -0.05) is 23.7 Å². The average Bonchev–Trinajstić information content (AvgIpc) is 3.00.